The summed E-state index contributed by atoms with van der Waals surface area (Å²) in [5.74, 6) is 0. The predicted molar refractivity (Wildman–Crippen MR) is 52.8 cm³/mol. The van der Waals surface area contributed by atoms with E-state index in [1.54, 1.807) is 0 Å². The molecule has 68 valence electrons. The van der Waals surface area contributed by atoms with Crippen LogP contribution >= 0.6 is 0 Å². The van der Waals surface area contributed by atoms with Crippen LogP contribution in [0.3, 0.4) is 0 Å². The Hall–Kier alpha value is 0.137. The molecule has 0 bridgehead atoms. The van der Waals surface area contributed by atoms with Crippen molar-refractivity contribution in [2.45, 2.75) is 26.8 Å². The van der Waals surface area contributed by atoms with Gasteiger partial charge in [0, 0.05) is 6.61 Å². The summed E-state index contributed by atoms with van der Waals surface area (Å²) in [7, 11) is -0.192. The van der Waals surface area contributed by atoms with Gasteiger partial charge >= 0.3 is 0 Å². The Kier molecular flexibility index (Phi) is 8.34. The summed E-state index contributed by atoms with van der Waals surface area (Å²) in [5.41, 5.74) is 0. The van der Waals surface area contributed by atoms with Gasteiger partial charge in [-0.05, 0) is 32.6 Å². The van der Waals surface area contributed by atoms with Gasteiger partial charge in [0.1, 0.15) is 0 Å². The van der Waals surface area contributed by atoms with Crippen molar-refractivity contribution in [3.8, 4) is 0 Å². The molecule has 0 saturated carbocycles. The fraction of sp³-hybridized carbons (Fsp3) is 1.00. The summed E-state index contributed by atoms with van der Waals surface area (Å²) < 4.78 is 5.39. The third kappa shape index (κ3) is 6.53. The van der Waals surface area contributed by atoms with Gasteiger partial charge in [-0.25, -0.2) is 0 Å². The van der Waals surface area contributed by atoms with Crippen LogP contribution in [0, 0.1) is 0 Å². The molecule has 0 unspecified atom stereocenters. The minimum Gasteiger partial charge on any atom is -0.424 e. The Labute approximate surface area is 72.9 Å². The molecular weight excluding hydrogens is 154 g/mol. The molecule has 0 fully saturated rings. The lowest BCUT2D eigenvalue weighted by Gasteiger charge is -2.16. The first-order chi connectivity index (χ1) is 5.35. The highest BCUT2D eigenvalue weighted by Crippen LogP contribution is 1.90. The van der Waals surface area contributed by atoms with Crippen molar-refractivity contribution in [3.05, 3.63) is 0 Å². The van der Waals surface area contributed by atoms with Gasteiger partial charge in [-0.15, -0.1) is 0 Å². The average Bonchev–Trinajstić information content (AvgIpc) is 2.05. The van der Waals surface area contributed by atoms with E-state index in [9.17, 15) is 0 Å². The second-order valence-corrected chi connectivity index (χ2v) is 4.10. The van der Waals surface area contributed by atoms with Gasteiger partial charge in [-0.2, -0.15) is 0 Å². The molecule has 0 saturated heterocycles. The summed E-state index contributed by atoms with van der Waals surface area (Å²) in [6, 6.07) is 1.30. The molecule has 0 amide bonds. The first-order valence-electron chi connectivity index (χ1n) is 4.65. The molecule has 0 radical (unpaired) electrons. The van der Waals surface area contributed by atoms with Crippen molar-refractivity contribution >= 4 is 9.76 Å². The van der Waals surface area contributed by atoms with Crippen LogP contribution in [-0.4, -0.2) is 40.9 Å². The Morgan fingerprint density at radius 1 is 1.18 bits per heavy atom. The molecule has 0 aliphatic heterocycles. The molecule has 3 heteroatoms. The zero-order chi connectivity index (χ0) is 8.53. The number of rotatable bonds is 7. The van der Waals surface area contributed by atoms with E-state index < -0.39 is 0 Å². The Morgan fingerprint density at radius 2 is 1.82 bits per heavy atom. The van der Waals surface area contributed by atoms with Crippen molar-refractivity contribution in [1.82, 2.24) is 4.90 Å². The molecule has 0 spiro atoms. The summed E-state index contributed by atoms with van der Waals surface area (Å²) in [4.78, 5) is 2.45. The third-order valence-electron chi connectivity index (χ3n) is 1.86. The topological polar surface area (TPSA) is 12.5 Å². The first kappa shape index (κ1) is 11.1. The van der Waals surface area contributed by atoms with E-state index in [-0.39, 0.29) is 9.76 Å². The maximum absolute atomic E-state index is 5.39. The molecule has 0 aliphatic rings. The Bertz CT molecular complexity index is 76.5. The highest BCUT2D eigenvalue weighted by molar-refractivity contribution is 6.27. The van der Waals surface area contributed by atoms with Crippen LogP contribution in [0.2, 0.25) is 6.04 Å². The molecular formula is C8H21NOSi. The minimum atomic E-state index is -0.192. The van der Waals surface area contributed by atoms with E-state index in [0.29, 0.717) is 0 Å². The van der Waals surface area contributed by atoms with Crippen LogP contribution in [0.1, 0.15) is 20.8 Å². The van der Waals surface area contributed by atoms with Gasteiger partial charge in [-0.1, -0.05) is 13.8 Å². The van der Waals surface area contributed by atoms with Crippen LogP contribution < -0.4 is 0 Å². The smallest absolute Gasteiger partial charge is 0.162 e. The number of nitrogens with zero attached hydrogens (tertiary/aromatic N) is 1. The van der Waals surface area contributed by atoms with Gasteiger partial charge in [0.15, 0.2) is 9.76 Å². The highest BCUT2D eigenvalue weighted by Gasteiger charge is 1.97. The highest BCUT2D eigenvalue weighted by atomic mass is 28.2. The molecule has 0 aromatic carbocycles. The Morgan fingerprint density at radius 3 is 2.27 bits per heavy atom. The van der Waals surface area contributed by atoms with Crippen molar-refractivity contribution in [3.63, 3.8) is 0 Å². The number of hydrogen-bond acceptors (Lipinski definition) is 2. The second-order valence-electron chi connectivity index (χ2n) is 2.58. The van der Waals surface area contributed by atoms with E-state index in [0.717, 1.165) is 6.61 Å². The molecule has 0 aromatic rings. The standard InChI is InChI=1S/C8H21NOSi/c1-4-9(5-2)7-8-11-10-6-3/h4-8,11H2,1-3H3. The van der Waals surface area contributed by atoms with Crippen molar-refractivity contribution in [2.24, 2.45) is 0 Å². The second kappa shape index (κ2) is 8.24. The maximum Gasteiger partial charge on any atom is 0.162 e. The number of hydrogen-bond donors (Lipinski definition) is 0. The van der Waals surface area contributed by atoms with Gasteiger partial charge in [-0.3, -0.25) is 0 Å². The van der Waals surface area contributed by atoms with Crippen LogP contribution in [-0.2, 0) is 4.43 Å². The third-order valence-corrected chi connectivity index (χ3v) is 3.16. The van der Waals surface area contributed by atoms with Crippen LogP contribution in [0.25, 0.3) is 0 Å². The molecule has 0 heterocycles. The van der Waals surface area contributed by atoms with Crippen molar-refractivity contribution in [2.75, 3.05) is 26.2 Å². The molecule has 0 aliphatic carbocycles. The predicted octanol–water partition coefficient (Wildman–Crippen LogP) is 0.867. The monoisotopic (exact) mass is 175 g/mol. The van der Waals surface area contributed by atoms with E-state index in [2.05, 4.69) is 25.7 Å². The minimum absolute atomic E-state index is 0.192. The zero-order valence-electron chi connectivity index (χ0n) is 8.10. The van der Waals surface area contributed by atoms with Gasteiger partial charge < -0.3 is 9.33 Å². The molecule has 0 atom stereocenters. The van der Waals surface area contributed by atoms with E-state index in [1.807, 2.05) is 0 Å². The van der Waals surface area contributed by atoms with Gasteiger partial charge in [0.05, 0.1) is 0 Å². The van der Waals surface area contributed by atoms with Crippen LogP contribution in [0.5, 0.6) is 0 Å². The SMILES string of the molecule is CCO[SiH2]CCN(CC)CC. The largest absolute Gasteiger partial charge is 0.424 e. The zero-order valence-corrected chi connectivity index (χ0v) is 9.51. The van der Waals surface area contributed by atoms with Crippen LogP contribution in [0.15, 0.2) is 0 Å². The fourth-order valence-corrected chi connectivity index (χ4v) is 2.14. The molecule has 0 aromatic heterocycles. The lowest BCUT2D eigenvalue weighted by Crippen LogP contribution is -2.25. The van der Waals surface area contributed by atoms with Crippen LogP contribution in [0.4, 0.5) is 0 Å². The maximum atomic E-state index is 5.39. The quantitative estimate of drug-likeness (QED) is 0.420. The lowest BCUT2D eigenvalue weighted by molar-refractivity contribution is 0.309. The Balaban J connectivity index is 3.07. The molecule has 0 N–H and O–H groups in total. The summed E-state index contributed by atoms with van der Waals surface area (Å²) in [6.07, 6.45) is 0. The first-order valence-corrected chi connectivity index (χ1v) is 6.22. The molecule has 0 rings (SSSR count). The van der Waals surface area contributed by atoms with Gasteiger partial charge in [0.25, 0.3) is 0 Å². The van der Waals surface area contributed by atoms with Crippen molar-refractivity contribution < 1.29 is 4.43 Å². The summed E-state index contributed by atoms with van der Waals surface area (Å²) in [5, 5.41) is 0. The summed E-state index contributed by atoms with van der Waals surface area (Å²) in [6.45, 7) is 11.0. The summed E-state index contributed by atoms with van der Waals surface area (Å²) >= 11 is 0. The van der Waals surface area contributed by atoms with Gasteiger partial charge in [0.2, 0.25) is 0 Å². The van der Waals surface area contributed by atoms with Crippen molar-refractivity contribution in [1.29, 1.82) is 0 Å². The molecule has 2 nitrogen and oxygen atoms in total. The fourth-order valence-electron chi connectivity index (χ4n) is 1.07. The van der Waals surface area contributed by atoms with E-state index in [1.165, 1.54) is 25.7 Å². The van der Waals surface area contributed by atoms with E-state index >= 15 is 0 Å². The average molecular weight is 175 g/mol. The lowest BCUT2D eigenvalue weighted by atomic mass is 10.5. The van der Waals surface area contributed by atoms with E-state index in [4.69, 9.17) is 4.43 Å². The normalized spacial score (nSPS) is 12.0. The molecule has 11 heavy (non-hydrogen) atoms.